The number of benzene rings is 1. The largest absolute Gasteiger partial charge is 0.494 e. The van der Waals surface area contributed by atoms with Gasteiger partial charge in [-0.2, -0.15) is 0 Å². The molecule has 3 nitrogen and oxygen atoms in total. The zero-order chi connectivity index (χ0) is 14.8. The number of para-hydroxylation sites is 1. The number of ether oxygens (including phenoxy) is 2. The highest BCUT2D eigenvalue weighted by molar-refractivity contribution is 5.69. The van der Waals surface area contributed by atoms with Crippen molar-refractivity contribution >= 4 is 5.97 Å². The van der Waals surface area contributed by atoms with Crippen molar-refractivity contribution in [2.45, 2.75) is 52.6 Å². The van der Waals surface area contributed by atoms with Gasteiger partial charge < -0.3 is 9.47 Å². The number of esters is 1. The van der Waals surface area contributed by atoms with Crippen LogP contribution in [-0.2, 0) is 9.53 Å². The third-order valence-corrected chi connectivity index (χ3v) is 3.17. The van der Waals surface area contributed by atoms with Crippen LogP contribution < -0.4 is 4.74 Å². The van der Waals surface area contributed by atoms with Gasteiger partial charge >= 0.3 is 5.97 Å². The van der Waals surface area contributed by atoms with Crippen LogP contribution in [0, 0.1) is 5.92 Å². The first-order chi connectivity index (χ1) is 9.61. The summed E-state index contributed by atoms with van der Waals surface area (Å²) in [4.78, 5) is 11.6. The molecule has 1 rings (SSSR count). The second kappa shape index (κ2) is 9.40. The molecule has 0 aliphatic carbocycles. The van der Waals surface area contributed by atoms with Gasteiger partial charge in [-0.1, -0.05) is 31.5 Å². The first-order valence-corrected chi connectivity index (χ1v) is 7.49. The number of hydrogen-bond donors (Lipinski definition) is 0. The van der Waals surface area contributed by atoms with Crippen LogP contribution >= 0.6 is 0 Å². The fourth-order valence-electron chi connectivity index (χ4n) is 2.08. The molecule has 0 heterocycles. The second-order valence-corrected chi connectivity index (χ2v) is 5.32. The molecule has 1 unspecified atom stereocenters. The molecular weight excluding hydrogens is 252 g/mol. The van der Waals surface area contributed by atoms with E-state index in [0.29, 0.717) is 18.9 Å². The molecule has 0 aromatic heterocycles. The van der Waals surface area contributed by atoms with Gasteiger partial charge in [0, 0.05) is 6.42 Å². The molecule has 20 heavy (non-hydrogen) atoms. The van der Waals surface area contributed by atoms with Crippen molar-refractivity contribution in [3.8, 4) is 5.75 Å². The Morgan fingerprint density at radius 1 is 1.20 bits per heavy atom. The Kier molecular flexibility index (Phi) is 7.78. The van der Waals surface area contributed by atoms with E-state index in [2.05, 4.69) is 6.92 Å². The van der Waals surface area contributed by atoms with E-state index in [9.17, 15) is 4.79 Å². The maximum absolute atomic E-state index is 11.6. The number of carbonyl (C=O) groups excluding carboxylic acids is 1. The van der Waals surface area contributed by atoms with Crippen LogP contribution in [0.25, 0.3) is 0 Å². The molecule has 0 fully saturated rings. The van der Waals surface area contributed by atoms with Crippen LogP contribution in [0.1, 0.15) is 46.5 Å². The normalized spacial score (nSPS) is 12.2. The minimum atomic E-state index is -0.0872. The molecule has 112 valence electrons. The maximum Gasteiger partial charge on any atom is 0.306 e. The summed E-state index contributed by atoms with van der Waals surface area (Å²) in [5.74, 6) is 1.20. The molecule has 3 heteroatoms. The quantitative estimate of drug-likeness (QED) is 0.501. The van der Waals surface area contributed by atoms with Gasteiger partial charge in [-0.3, -0.25) is 4.79 Å². The van der Waals surface area contributed by atoms with Gasteiger partial charge in [0.15, 0.2) is 0 Å². The van der Waals surface area contributed by atoms with Crippen molar-refractivity contribution in [2.75, 3.05) is 6.61 Å². The Labute approximate surface area is 122 Å². The summed E-state index contributed by atoms with van der Waals surface area (Å²) in [6, 6.07) is 9.81. The topological polar surface area (TPSA) is 35.5 Å². The summed E-state index contributed by atoms with van der Waals surface area (Å²) in [6.07, 6.45) is 3.44. The predicted octanol–water partition coefficient (Wildman–Crippen LogP) is 4.21. The van der Waals surface area contributed by atoms with Crippen molar-refractivity contribution in [3.05, 3.63) is 30.3 Å². The van der Waals surface area contributed by atoms with E-state index in [1.165, 1.54) is 0 Å². The fraction of sp³-hybridized carbons (Fsp3) is 0.588. The lowest BCUT2D eigenvalue weighted by molar-refractivity contribution is -0.148. The Morgan fingerprint density at radius 3 is 2.50 bits per heavy atom. The van der Waals surface area contributed by atoms with Crippen molar-refractivity contribution < 1.29 is 14.3 Å². The molecule has 0 saturated heterocycles. The van der Waals surface area contributed by atoms with Gasteiger partial charge in [-0.05, 0) is 44.7 Å². The first kappa shape index (κ1) is 16.5. The van der Waals surface area contributed by atoms with Crippen LogP contribution in [-0.4, -0.2) is 18.7 Å². The van der Waals surface area contributed by atoms with Crippen LogP contribution in [0.15, 0.2) is 30.3 Å². The van der Waals surface area contributed by atoms with Gasteiger partial charge in [-0.15, -0.1) is 0 Å². The predicted molar refractivity (Wildman–Crippen MR) is 80.8 cm³/mol. The molecule has 0 aliphatic rings. The molecule has 0 N–H and O–H groups in total. The monoisotopic (exact) mass is 278 g/mol. The molecule has 1 aromatic rings. The van der Waals surface area contributed by atoms with Crippen molar-refractivity contribution in [1.82, 2.24) is 0 Å². The van der Waals surface area contributed by atoms with E-state index in [0.717, 1.165) is 25.0 Å². The van der Waals surface area contributed by atoms with Crippen LogP contribution in [0.2, 0.25) is 0 Å². The molecular formula is C17H26O3. The summed E-state index contributed by atoms with van der Waals surface area (Å²) in [6.45, 7) is 6.57. The smallest absolute Gasteiger partial charge is 0.306 e. The van der Waals surface area contributed by atoms with Crippen molar-refractivity contribution in [3.63, 3.8) is 0 Å². The Hall–Kier alpha value is -1.51. The Balaban J connectivity index is 2.19. The minimum Gasteiger partial charge on any atom is -0.494 e. The average molecular weight is 278 g/mol. The Morgan fingerprint density at radius 2 is 1.90 bits per heavy atom. The summed E-state index contributed by atoms with van der Waals surface area (Å²) in [7, 11) is 0. The van der Waals surface area contributed by atoms with Gasteiger partial charge in [-0.25, -0.2) is 0 Å². The van der Waals surface area contributed by atoms with Crippen LogP contribution in [0.4, 0.5) is 0 Å². The lowest BCUT2D eigenvalue weighted by atomic mass is 9.97. The zero-order valence-electron chi connectivity index (χ0n) is 12.8. The van der Waals surface area contributed by atoms with Crippen LogP contribution in [0.3, 0.4) is 0 Å². The second-order valence-electron chi connectivity index (χ2n) is 5.32. The summed E-state index contributed by atoms with van der Waals surface area (Å²) in [5.41, 5.74) is 0. The highest BCUT2D eigenvalue weighted by Gasteiger charge is 2.14. The van der Waals surface area contributed by atoms with E-state index < -0.39 is 0 Å². The van der Waals surface area contributed by atoms with E-state index in [1.807, 2.05) is 44.2 Å². The number of carbonyl (C=O) groups is 1. The summed E-state index contributed by atoms with van der Waals surface area (Å²) in [5, 5.41) is 0. The molecule has 0 spiro atoms. The van der Waals surface area contributed by atoms with E-state index in [-0.39, 0.29) is 12.1 Å². The SMILES string of the molecule is CCC(CCCOc1ccccc1)CC(=O)OC(C)C. The van der Waals surface area contributed by atoms with E-state index in [4.69, 9.17) is 9.47 Å². The van der Waals surface area contributed by atoms with Gasteiger partial charge in [0.05, 0.1) is 12.7 Å². The van der Waals surface area contributed by atoms with Crippen LogP contribution in [0.5, 0.6) is 5.75 Å². The fourth-order valence-corrected chi connectivity index (χ4v) is 2.08. The van der Waals surface area contributed by atoms with Gasteiger partial charge in [0.2, 0.25) is 0 Å². The minimum absolute atomic E-state index is 0.0265. The van der Waals surface area contributed by atoms with Gasteiger partial charge in [0.1, 0.15) is 5.75 Å². The molecule has 0 bridgehead atoms. The third-order valence-electron chi connectivity index (χ3n) is 3.17. The summed E-state index contributed by atoms with van der Waals surface area (Å²) >= 11 is 0. The van der Waals surface area contributed by atoms with E-state index in [1.54, 1.807) is 0 Å². The number of rotatable bonds is 9. The lowest BCUT2D eigenvalue weighted by Crippen LogP contribution is -2.16. The Bertz CT molecular complexity index is 373. The highest BCUT2D eigenvalue weighted by atomic mass is 16.5. The first-order valence-electron chi connectivity index (χ1n) is 7.49. The molecule has 1 aromatic carbocycles. The summed E-state index contributed by atoms with van der Waals surface area (Å²) < 4.78 is 10.8. The average Bonchev–Trinajstić information content (AvgIpc) is 2.42. The molecule has 0 amide bonds. The number of hydrogen-bond acceptors (Lipinski definition) is 3. The third kappa shape index (κ3) is 7.17. The highest BCUT2D eigenvalue weighted by Crippen LogP contribution is 2.17. The molecule has 0 aliphatic heterocycles. The lowest BCUT2D eigenvalue weighted by Gasteiger charge is -2.15. The maximum atomic E-state index is 11.6. The molecule has 1 atom stereocenters. The molecule has 0 saturated carbocycles. The van der Waals surface area contributed by atoms with Gasteiger partial charge in [0.25, 0.3) is 0 Å². The zero-order valence-corrected chi connectivity index (χ0v) is 12.8. The van der Waals surface area contributed by atoms with E-state index >= 15 is 0 Å². The van der Waals surface area contributed by atoms with Crippen molar-refractivity contribution in [1.29, 1.82) is 0 Å². The van der Waals surface area contributed by atoms with Crippen molar-refractivity contribution in [2.24, 2.45) is 5.92 Å². The standard InChI is InChI=1S/C17H26O3/c1-4-15(13-17(18)20-14(2)3)9-8-12-19-16-10-6-5-7-11-16/h5-7,10-11,14-15H,4,8-9,12-13H2,1-3H3. The molecule has 0 radical (unpaired) electrons.